The minimum absolute atomic E-state index is 0.818. The first-order chi connectivity index (χ1) is 25.8. The minimum atomic E-state index is 0.818. The molecule has 0 saturated carbocycles. The van der Waals surface area contributed by atoms with E-state index in [9.17, 15) is 0 Å². The fourth-order valence-electron chi connectivity index (χ4n) is 8.80. The lowest BCUT2D eigenvalue weighted by Crippen LogP contribution is -2.04. The third kappa shape index (κ3) is 3.65. The van der Waals surface area contributed by atoms with Crippen molar-refractivity contribution in [3.8, 4) is 28.2 Å². The summed E-state index contributed by atoms with van der Waals surface area (Å²) in [6, 6.07) is 61.1. The van der Waals surface area contributed by atoms with Gasteiger partial charge in [-0.05, 0) is 58.3 Å². The van der Waals surface area contributed by atoms with Crippen LogP contribution in [0.25, 0.3) is 110 Å². The molecule has 4 nitrogen and oxygen atoms in total. The Hall–Kier alpha value is -7.04. The van der Waals surface area contributed by atoms with Crippen molar-refractivity contribution in [2.24, 2.45) is 0 Å². The summed E-state index contributed by atoms with van der Waals surface area (Å²) >= 11 is 0. The van der Waals surface area contributed by atoms with E-state index in [-0.39, 0.29) is 0 Å². The SMILES string of the molecule is c1ccc(-c2cc3c4cccc5c6ccccc6n(c6cccc7c6c3c(c2)n7-c2nc3ccc6ccccc6c3nc2-c2ccccc2)c45)cc1. The van der Waals surface area contributed by atoms with E-state index in [1.165, 1.54) is 54.4 Å². The number of para-hydroxylation sites is 2. The largest absolute Gasteiger partial charge is 0.308 e. The van der Waals surface area contributed by atoms with E-state index >= 15 is 0 Å². The summed E-state index contributed by atoms with van der Waals surface area (Å²) in [6.45, 7) is 0. The van der Waals surface area contributed by atoms with Crippen LogP contribution in [0.3, 0.4) is 0 Å². The lowest BCUT2D eigenvalue weighted by molar-refractivity contribution is 1.08. The maximum Gasteiger partial charge on any atom is 0.165 e. The molecule has 4 aromatic heterocycles. The van der Waals surface area contributed by atoms with E-state index in [0.717, 1.165) is 55.5 Å². The fraction of sp³-hybridized carbons (Fsp3) is 0. The predicted molar refractivity (Wildman–Crippen MR) is 217 cm³/mol. The van der Waals surface area contributed by atoms with Gasteiger partial charge in [-0.15, -0.1) is 0 Å². The average molecular weight is 661 g/mol. The van der Waals surface area contributed by atoms with E-state index in [1.807, 2.05) is 0 Å². The van der Waals surface area contributed by atoms with Crippen molar-refractivity contribution >= 4 is 81.7 Å². The summed E-state index contributed by atoms with van der Waals surface area (Å²) in [5.74, 6) is 0.818. The van der Waals surface area contributed by atoms with Gasteiger partial charge in [0.05, 0.1) is 38.6 Å². The fourth-order valence-corrected chi connectivity index (χ4v) is 8.80. The van der Waals surface area contributed by atoms with Crippen LogP contribution >= 0.6 is 0 Å². The average Bonchev–Trinajstić information content (AvgIpc) is 3.69. The summed E-state index contributed by atoms with van der Waals surface area (Å²) in [5.41, 5.74) is 11.8. The van der Waals surface area contributed by atoms with Gasteiger partial charge >= 0.3 is 0 Å². The Labute approximate surface area is 297 Å². The van der Waals surface area contributed by atoms with Crippen molar-refractivity contribution in [1.29, 1.82) is 0 Å². The molecule has 0 aliphatic heterocycles. The monoisotopic (exact) mass is 660 g/mol. The molecule has 0 atom stereocenters. The number of rotatable bonds is 3. The van der Waals surface area contributed by atoms with Crippen LogP contribution in [-0.4, -0.2) is 18.9 Å². The topological polar surface area (TPSA) is 35.1 Å². The van der Waals surface area contributed by atoms with Gasteiger partial charge in [-0.3, -0.25) is 4.57 Å². The maximum atomic E-state index is 5.57. The summed E-state index contributed by atoms with van der Waals surface area (Å²) in [5, 5.41) is 9.67. The molecule has 52 heavy (non-hydrogen) atoms. The second kappa shape index (κ2) is 10.3. The van der Waals surface area contributed by atoms with Crippen LogP contribution in [0, 0.1) is 0 Å². The highest BCUT2D eigenvalue weighted by Gasteiger charge is 2.25. The molecule has 4 heterocycles. The zero-order valence-electron chi connectivity index (χ0n) is 28.0. The second-order valence-corrected chi connectivity index (χ2v) is 13.8. The van der Waals surface area contributed by atoms with Gasteiger partial charge < -0.3 is 4.40 Å². The molecule has 0 aliphatic rings. The Morgan fingerprint density at radius 1 is 0.385 bits per heavy atom. The van der Waals surface area contributed by atoms with Crippen LogP contribution in [0.2, 0.25) is 0 Å². The Balaban J connectivity index is 1.35. The smallest absolute Gasteiger partial charge is 0.165 e. The van der Waals surface area contributed by atoms with Crippen LogP contribution < -0.4 is 0 Å². The number of hydrogen-bond acceptors (Lipinski definition) is 2. The maximum absolute atomic E-state index is 5.57. The Morgan fingerprint density at radius 3 is 1.88 bits per heavy atom. The van der Waals surface area contributed by atoms with Crippen LogP contribution in [0.1, 0.15) is 0 Å². The molecule has 8 aromatic carbocycles. The van der Waals surface area contributed by atoms with Crippen molar-refractivity contribution < 1.29 is 0 Å². The van der Waals surface area contributed by atoms with Gasteiger partial charge in [0, 0.05) is 37.9 Å². The standard InChI is InChI=1S/C48H28N4/c1-3-13-29(14-4-1)32-27-37-36-21-11-20-35-34-19-9-10-22-39(34)51(47(35)36)40-23-12-24-41-44(40)43(37)42(28-32)52(41)48-45(31-16-5-2-6-17-31)50-46-33-18-8-7-15-30(33)25-26-38(46)49-48/h1-28H. The van der Waals surface area contributed by atoms with Crippen LogP contribution in [0.5, 0.6) is 0 Å². The highest BCUT2D eigenvalue weighted by Crippen LogP contribution is 2.46. The molecule has 0 aliphatic carbocycles. The molecule has 0 N–H and O–H groups in total. The van der Waals surface area contributed by atoms with Gasteiger partial charge in [0.15, 0.2) is 5.82 Å². The second-order valence-electron chi connectivity index (χ2n) is 13.8. The van der Waals surface area contributed by atoms with Crippen molar-refractivity contribution in [3.05, 3.63) is 170 Å². The number of fused-ring (bicyclic) bond motifs is 8. The first-order valence-corrected chi connectivity index (χ1v) is 17.8. The molecule has 0 amide bonds. The Bertz CT molecular complexity index is 3390. The van der Waals surface area contributed by atoms with E-state index in [4.69, 9.17) is 9.97 Å². The Kier molecular flexibility index (Phi) is 5.47. The molecule has 0 unspecified atom stereocenters. The minimum Gasteiger partial charge on any atom is -0.308 e. The van der Waals surface area contributed by atoms with Crippen LogP contribution in [0.15, 0.2) is 170 Å². The van der Waals surface area contributed by atoms with Gasteiger partial charge in [0.1, 0.15) is 5.69 Å². The highest BCUT2D eigenvalue weighted by molar-refractivity contribution is 6.32. The van der Waals surface area contributed by atoms with Crippen LogP contribution in [0.4, 0.5) is 0 Å². The third-order valence-corrected chi connectivity index (χ3v) is 11.0. The zero-order valence-corrected chi connectivity index (χ0v) is 28.0. The summed E-state index contributed by atoms with van der Waals surface area (Å²) < 4.78 is 4.87. The number of hydrogen-bond donors (Lipinski definition) is 0. The van der Waals surface area contributed by atoms with E-state index in [0.29, 0.717) is 0 Å². The normalized spacial score (nSPS) is 12.2. The van der Waals surface area contributed by atoms with E-state index in [1.54, 1.807) is 0 Å². The zero-order chi connectivity index (χ0) is 33.9. The first-order valence-electron chi connectivity index (χ1n) is 17.8. The molecule has 4 heteroatoms. The van der Waals surface area contributed by atoms with Gasteiger partial charge in [0.2, 0.25) is 0 Å². The molecule has 0 fully saturated rings. The molecule has 12 rings (SSSR count). The van der Waals surface area contributed by atoms with E-state index in [2.05, 4.69) is 179 Å². The third-order valence-electron chi connectivity index (χ3n) is 11.0. The molecule has 0 spiro atoms. The molecule has 0 bridgehead atoms. The number of aromatic nitrogens is 4. The summed E-state index contributed by atoms with van der Waals surface area (Å²) in [4.78, 5) is 11.1. The van der Waals surface area contributed by atoms with Gasteiger partial charge in [-0.2, -0.15) is 0 Å². The van der Waals surface area contributed by atoms with Gasteiger partial charge in [-0.1, -0.05) is 133 Å². The lowest BCUT2D eigenvalue weighted by Gasteiger charge is -2.15. The number of benzene rings is 8. The van der Waals surface area contributed by atoms with Crippen molar-refractivity contribution in [2.45, 2.75) is 0 Å². The van der Waals surface area contributed by atoms with E-state index < -0.39 is 0 Å². The molecular formula is C48H28N4. The van der Waals surface area contributed by atoms with Gasteiger partial charge in [-0.25, -0.2) is 9.97 Å². The first kappa shape index (κ1) is 27.7. The Morgan fingerprint density at radius 2 is 1.04 bits per heavy atom. The predicted octanol–water partition coefficient (Wildman–Crippen LogP) is 12.4. The lowest BCUT2D eigenvalue weighted by atomic mass is 9.98. The van der Waals surface area contributed by atoms with Gasteiger partial charge in [0.25, 0.3) is 0 Å². The molecule has 0 saturated heterocycles. The number of nitrogens with zero attached hydrogens (tertiary/aromatic N) is 4. The van der Waals surface area contributed by atoms with Crippen molar-refractivity contribution in [1.82, 2.24) is 18.9 Å². The molecule has 240 valence electrons. The molecular weight excluding hydrogens is 633 g/mol. The van der Waals surface area contributed by atoms with Crippen molar-refractivity contribution in [3.63, 3.8) is 0 Å². The highest BCUT2D eigenvalue weighted by atomic mass is 15.1. The van der Waals surface area contributed by atoms with Crippen LogP contribution in [-0.2, 0) is 0 Å². The summed E-state index contributed by atoms with van der Waals surface area (Å²) in [6.07, 6.45) is 0. The van der Waals surface area contributed by atoms with Crippen molar-refractivity contribution in [2.75, 3.05) is 0 Å². The quantitative estimate of drug-likeness (QED) is 0.177. The summed E-state index contributed by atoms with van der Waals surface area (Å²) in [7, 11) is 0. The molecule has 12 aromatic rings. The molecule has 0 radical (unpaired) electrons.